The third kappa shape index (κ3) is 3.41. The lowest BCUT2D eigenvalue weighted by Crippen LogP contribution is -2.49. The molecule has 1 heterocycles. The van der Waals surface area contributed by atoms with E-state index in [2.05, 4.69) is 4.90 Å². The highest BCUT2D eigenvalue weighted by molar-refractivity contribution is 5.85. The molecular weight excluding hydrogens is 264 g/mol. The SMILES string of the molecule is CC(C)N1CCOC(C(=O)Cc2c(F)cccc2F)C1. The van der Waals surface area contributed by atoms with Crippen molar-refractivity contribution in [2.24, 2.45) is 0 Å². The van der Waals surface area contributed by atoms with Crippen LogP contribution in [0.3, 0.4) is 0 Å². The lowest BCUT2D eigenvalue weighted by Gasteiger charge is -2.34. The summed E-state index contributed by atoms with van der Waals surface area (Å²) in [5, 5.41) is 0. The van der Waals surface area contributed by atoms with E-state index in [1.165, 1.54) is 6.07 Å². The van der Waals surface area contributed by atoms with Crippen molar-refractivity contribution in [2.45, 2.75) is 32.4 Å². The maximum Gasteiger partial charge on any atom is 0.167 e. The van der Waals surface area contributed by atoms with Crippen molar-refractivity contribution in [3.8, 4) is 0 Å². The molecule has 0 radical (unpaired) electrons. The highest BCUT2D eigenvalue weighted by atomic mass is 19.1. The molecule has 1 fully saturated rings. The number of carbonyl (C=O) groups is 1. The molecule has 0 amide bonds. The molecule has 0 saturated carbocycles. The molecule has 0 aliphatic carbocycles. The zero-order valence-corrected chi connectivity index (χ0v) is 11.7. The predicted molar refractivity (Wildman–Crippen MR) is 71.5 cm³/mol. The maximum absolute atomic E-state index is 13.5. The van der Waals surface area contributed by atoms with Gasteiger partial charge in [-0.3, -0.25) is 9.69 Å². The van der Waals surface area contributed by atoms with Crippen LogP contribution in [0.5, 0.6) is 0 Å². The van der Waals surface area contributed by atoms with E-state index >= 15 is 0 Å². The zero-order valence-electron chi connectivity index (χ0n) is 11.7. The van der Waals surface area contributed by atoms with E-state index in [-0.39, 0.29) is 17.8 Å². The van der Waals surface area contributed by atoms with E-state index in [9.17, 15) is 13.6 Å². The first-order valence-corrected chi connectivity index (χ1v) is 6.80. The molecule has 5 heteroatoms. The minimum Gasteiger partial charge on any atom is -0.368 e. The number of ether oxygens (including phenoxy) is 1. The van der Waals surface area contributed by atoms with Crippen molar-refractivity contribution in [3.05, 3.63) is 35.4 Å². The van der Waals surface area contributed by atoms with Crippen LogP contribution in [0, 0.1) is 11.6 Å². The van der Waals surface area contributed by atoms with Gasteiger partial charge in [0.2, 0.25) is 0 Å². The summed E-state index contributed by atoms with van der Waals surface area (Å²) in [7, 11) is 0. The fourth-order valence-corrected chi connectivity index (χ4v) is 2.32. The van der Waals surface area contributed by atoms with Gasteiger partial charge < -0.3 is 4.74 Å². The van der Waals surface area contributed by atoms with Crippen LogP contribution >= 0.6 is 0 Å². The van der Waals surface area contributed by atoms with Crippen LogP contribution in [0.4, 0.5) is 8.78 Å². The number of nitrogens with zero attached hydrogens (tertiary/aromatic N) is 1. The van der Waals surface area contributed by atoms with Crippen LogP contribution in [-0.2, 0) is 16.0 Å². The average molecular weight is 283 g/mol. The van der Waals surface area contributed by atoms with E-state index in [1.807, 2.05) is 13.8 Å². The minimum absolute atomic E-state index is 0.178. The molecule has 0 bridgehead atoms. The molecule has 1 saturated heterocycles. The summed E-state index contributed by atoms with van der Waals surface area (Å²) in [5.74, 6) is -1.65. The Bertz CT molecular complexity index is 471. The van der Waals surface area contributed by atoms with Crippen molar-refractivity contribution in [3.63, 3.8) is 0 Å². The third-order valence-corrected chi connectivity index (χ3v) is 3.60. The number of morpholine rings is 1. The van der Waals surface area contributed by atoms with Crippen molar-refractivity contribution < 1.29 is 18.3 Å². The summed E-state index contributed by atoms with van der Waals surface area (Å²) in [6, 6.07) is 3.93. The Balaban J connectivity index is 2.05. The largest absolute Gasteiger partial charge is 0.368 e. The zero-order chi connectivity index (χ0) is 14.7. The van der Waals surface area contributed by atoms with E-state index in [4.69, 9.17) is 4.74 Å². The first kappa shape index (κ1) is 15.1. The van der Waals surface area contributed by atoms with Crippen LogP contribution in [-0.4, -0.2) is 42.5 Å². The van der Waals surface area contributed by atoms with Gasteiger partial charge in [-0.25, -0.2) is 8.78 Å². The van der Waals surface area contributed by atoms with Gasteiger partial charge in [0.1, 0.15) is 17.7 Å². The Morgan fingerprint density at radius 1 is 1.40 bits per heavy atom. The van der Waals surface area contributed by atoms with Crippen LogP contribution < -0.4 is 0 Å². The number of rotatable bonds is 4. The lowest BCUT2D eigenvalue weighted by molar-refractivity contribution is -0.136. The van der Waals surface area contributed by atoms with E-state index in [0.717, 1.165) is 18.7 Å². The molecule has 1 atom stereocenters. The third-order valence-electron chi connectivity index (χ3n) is 3.60. The second kappa shape index (κ2) is 6.41. The van der Waals surface area contributed by atoms with Crippen LogP contribution in [0.25, 0.3) is 0 Å². The van der Waals surface area contributed by atoms with Crippen LogP contribution in [0.1, 0.15) is 19.4 Å². The summed E-state index contributed by atoms with van der Waals surface area (Å²) in [6.45, 7) is 5.81. The van der Waals surface area contributed by atoms with Gasteiger partial charge in [-0.15, -0.1) is 0 Å². The molecule has 1 aliphatic rings. The summed E-state index contributed by atoms with van der Waals surface area (Å²) in [6.07, 6.45) is -0.875. The maximum atomic E-state index is 13.5. The molecule has 1 aromatic carbocycles. The number of carbonyl (C=O) groups excluding carboxylic acids is 1. The Labute approximate surface area is 117 Å². The lowest BCUT2D eigenvalue weighted by atomic mass is 10.0. The van der Waals surface area contributed by atoms with Crippen molar-refractivity contribution >= 4 is 5.78 Å². The Hall–Kier alpha value is -1.33. The van der Waals surface area contributed by atoms with E-state index < -0.39 is 17.7 Å². The number of hydrogen-bond donors (Lipinski definition) is 0. The molecule has 2 rings (SSSR count). The molecule has 110 valence electrons. The second-order valence-electron chi connectivity index (χ2n) is 5.29. The highest BCUT2D eigenvalue weighted by Gasteiger charge is 2.28. The highest BCUT2D eigenvalue weighted by Crippen LogP contribution is 2.16. The number of ketones is 1. The monoisotopic (exact) mass is 283 g/mol. The fourth-order valence-electron chi connectivity index (χ4n) is 2.32. The van der Waals surface area contributed by atoms with Crippen LogP contribution in [0.15, 0.2) is 18.2 Å². The quantitative estimate of drug-likeness (QED) is 0.848. The Morgan fingerprint density at radius 2 is 2.05 bits per heavy atom. The number of benzene rings is 1. The molecule has 0 N–H and O–H groups in total. The molecular formula is C15H19F2NO2. The predicted octanol–water partition coefficient (Wildman–Crippen LogP) is 2.19. The Morgan fingerprint density at radius 3 is 2.65 bits per heavy atom. The van der Waals surface area contributed by atoms with Crippen LogP contribution in [0.2, 0.25) is 0 Å². The van der Waals surface area contributed by atoms with Gasteiger partial charge in [-0.1, -0.05) is 6.07 Å². The minimum atomic E-state index is -0.685. The summed E-state index contributed by atoms with van der Waals surface area (Å²) in [5.41, 5.74) is -0.178. The van der Waals surface area contributed by atoms with Gasteiger partial charge >= 0.3 is 0 Å². The number of hydrogen-bond acceptors (Lipinski definition) is 3. The summed E-state index contributed by atoms with van der Waals surface area (Å²) in [4.78, 5) is 14.3. The van der Waals surface area contributed by atoms with Gasteiger partial charge in [0.15, 0.2) is 5.78 Å². The Kier molecular flexibility index (Phi) is 4.83. The van der Waals surface area contributed by atoms with Crippen molar-refractivity contribution in [1.29, 1.82) is 0 Å². The average Bonchev–Trinajstić information content (AvgIpc) is 2.43. The van der Waals surface area contributed by atoms with Crippen molar-refractivity contribution in [2.75, 3.05) is 19.7 Å². The first-order chi connectivity index (χ1) is 9.49. The normalized spacial score (nSPS) is 20.4. The molecule has 20 heavy (non-hydrogen) atoms. The molecule has 3 nitrogen and oxygen atoms in total. The molecule has 0 aromatic heterocycles. The molecule has 1 aromatic rings. The summed E-state index contributed by atoms with van der Waals surface area (Å²) < 4.78 is 32.5. The van der Waals surface area contributed by atoms with Gasteiger partial charge in [0.05, 0.1) is 6.61 Å². The summed E-state index contributed by atoms with van der Waals surface area (Å²) >= 11 is 0. The van der Waals surface area contributed by atoms with E-state index in [0.29, 0.717) is 19.2 Å². The van der Waals surface area contributed by atoms with Gasteiger partial charge in [0, 0.05) is 31.1 Å². The smallest absolute Gasteiger partial charge is 0.167 e. The van der Waals surface area contributed by atoms with E-state index in [1.54, 1.807) is 0 Å². The molecule has 1 unspecified atom stereocenters. The first-order valence-electron chi connectivity index (χ1n) is 6.80. The number of halogens is 2. The molecule has 1 aliphatic heterocycles. The van der Waals surface area contributed by atoms with Gasteiger partial charge in [-0.05, 0) is 26.0 Å². The topological polar surface area (TPSA) is 29.5 Å². The second-order valence-corrected chi connectivity index (χ2v) is 5.29. The molecule has 0 spiro atoms. The number of Topliss-reactive ketones (excluding diaryl/α,β-unsaturated/α-hetero) is 1. The van der Waals surface area contributed by atoms with Crippen molar-refractivity contribution in [1.82, 2.24) is 4.90 Å². The van der Waals surface area contributed by atoms with Gasteiger partial charge in [0.25, 0.3) is 0 Å². The standard InChI is InChI=1S/C15H19F2NO2/c1-10(2)18-6-7-20-15(9-18)14(19)8-11-12(16)4-3-5-13(11)17/h3-5,10,15H,6-9H2,1-2H3. The fraction of sp³-hybridized carbons (Fsp3) is 0.533. The van der Waals surface area contributed by atoms with Gasteiger partial charge in [-0.2, -0.15) is 0 Å².